The predicted octanol–water partition coefficient (Wildman–Crippen LogP) is -2.28. The highest BCUT2D eigenvalue weighted by Gasteiger charge is 2.44. The number of carbonyl (C=O) groups excluding carboxylic acids is 1. The summed E-state index contributed by atoms with van der Waals surface area (Å²) in [6.45, 7) is -0.339. The second-order valence-electron chi connectivity index (χ2n) is 4.30. The molecule has 1 aromatic rings. The Kier molecular flexibility index (Phi) is 3.50. The van der Waals surface area contributed by atoms with Crippen LogP contribution in [-0.2, 0) is 14.8 Å². The highest BCUT2D eigenvalue weighted by molar-refractivity contribution is 7.89. The molecule has 0 radical (unpaired) electrons. The average Bonchev–Trinajstić information content (AvgIpc) is 2.94. The molecule has 1 aliphatic rings. The van der Waals surface area contributed by atoms with Crippen LogP contribution in [0.25, 0.3) is 0 Å². The highest BCUT2D eigenvalue weighted by atomic mass is 32.2. The molecule has 0 saturated carbocycles. The zero-order valence-electron chi connectivity index (χ0n) is 10.1. The predicted molar refractivity (Wildman–Crippen MR) is 63.0 cm³/mol. The Morgan fingerprint density at radius 2 is 2.15 bits per heavy atom. The minimum absolute atomic E-state index is 0.134. The number of carboxylic acid groups (broad SMARTS) is 1. The molecular weight excluding hydrogens is 292 g/mol. The van der Waals surface area contributed by atoms with E-state index in [4.69, 9.17) is 10.8 Å². The first-order valence-corrected chi connectivity index (χ1v) is 6.95. The summed E-state index contributed by atoms with van der Waals surface area (Å²) in [7, 11) is -4.32. The standard InChI is InChI=1S/C9H12N4O6S/c10-7(15)6-1-4(14)3-13(6)20(18,19)8-5(9(16)17)2-11-12-8/h2,4,6,14H,1,3H2,(H2,10,15)(H,11,12)(H,16,17). The fourth-order valence-corrected chi connectivity index (χ4v) is 3.76. The molecule has 0 aromatic carbocycles. The van der Waals surface area contributed by atoms with Crippen LogP contribution in [0.1, 0.15) is 16.8 Å². The number of β-amino-alcohol motifs (C(OH)–C–C–N with tert-alkyl or cyclic N) is 1. The molecule has 2 heterocycles. The van der Waals surface area contributed by atoms with Crippen molar-refractivity contribution >= 4 is 21.9 Å². The van der Waals surface area contributed by atoms with Gasteiger partial charge in [-0.15, -0.1) is 0 Å². The van der Waals surface area contributed by atoms with E-state index in [9.17, 15) is 23.1 Å². The molecule has 1 amide bonds. The van der Waals surface area contributed by atoms with Gasteiger partial charge in [-0.2, -0.15) is 9.40 Å². The second kappa shape index (κ2) is 4.85. The average molecular weight is 304 g/mol. The van der Waals surface area contributed by atoms with E-state index >= 15 is 0 Å². The fourth-order valence-electron chi connectivity index (χ4n) is 2.05. The van der Waals surface area contributed by atoms with Gasteiger partial charge in [-0.05, 0) is 0 Å². The van der Waals surface area contributed by atoms with Crippen LogP contribution in [0.2, 0.25) is 0 Å². The Hall–Kier alpha value is -1.98. The van der Waals surface area contributed by atoms with Gasteiger partial charge < -0.3 is 15.9 Å². The van der Waals surface area contributed by atoms with Crippen molar-refractivity contribution in [1.82, 2.24) is 14.5 Å². The highest BCUT2D eigenvalue weighted by Crippen LogP contribution is 2.26. The first kappa shape index (κ1) is 14.4. The van der Waals surface area contributed by atoms with Crippen molar-refractivity contribution in [3.05, 3.63) is 11.8 Å². The van der Waals surface area contributed by atoms with Gasteiger partial charge in [-0.25, -0.2) is 13.2 Å². The summed E-state index contributed by atoms with van der Waals surface area (Å²) < 4.78 is 25.4. The lowest BCUT2D eigenvalue weighted by Crippen LogP contribution is -2.44. The van der Waals surface area contributed by atoms with Crippen LogP contribution < -0.4 is 5.73 Å². The summed E-state index contributed by atoms with van der Waals surface area (Å²) in [4.78, 5) is 22.2. The van der Waals surface area contributed by atoms with E-state index in [1.165, 1.54) is 0 Å². The molecule has 0 spiro atoms. The van der Waals surface area contributed by atoms with Crippen LogP contribution in [-0.4, -0.2) is 63.7 Å². The lowest BCUT2D eigenvalue weighted by atomic mass is 10.2. The number of aromatic amines is 1. The SMILES string of the molecule is NC(=O)C1CC(O)CN1S(=O)(=O)c1[nH]ncc1C(=O)O. The minimum atomic E-state index is -4.32. The molecule has 0 bridgehead atoms. The van der Waals surface area contributed by atoms with Crippen molar-refractivity contribution in [1.29, 1.82) is 0 Å². The van der Waals surface area contributed by atoms with E-state index in [1.54, 1.807) is 0 Å². The third-order valence-electron chi connectivity index (χ3n) is 2.96. The number of H-pyrrole nitrogens is 1. The normalized spacial score (nSPS) is 23.9. The van der Waals surface area contributed by atoms with E-state index < -0.39 is 44.6 Å². The number of nitrogens with two attached hydrogens (primary N) is 1. The Morgan fingerprint density at radius 3 is 2.70 bits per heavy atom. The summed E-state index contributed by atoms with van der Waals surface area (Å²) in [6.07, 6.45) is -0.329. The summed E-state index contributed by atoms with van der Waals surface area (Å²) in [5.41, 5.74) is 4.55. The number of rotatable bonds is 4. The number of nitrogens with one attached hydrogen (secondary N) is 1. The number of hydrogen-bond acceptors (Lipinski definition) is 6. The quantitative estimate of drug-likeness (QED) is 0.486. The zero-order chi connectivity index (χ0) is 15.1. The number of aromatic carboxylic acids is 1. The van der Waals surface area contributed by atoms with Gasteiger partial charge in [0.05, 0.1) is 12.3 Å². The summed E-state index contributed by atoms with van der Waals surface area (Å²) in [5, 5.41) is 23.2. The van der Waals surface area contributed by atoms with Gasteiger partial charge in [-0.3, -0.25) is 9.89 Å². The molecule has 10 nitrogen and oxygen atoms in total. The molecule has 1 saturated heterocycles. The summed E-state index contributed by atoms with van der Waals surface area (Å²) in [6, 6.07) is -1.22. The lowest BCUT2D eigenvalue weighted by molar-refractivity contribution is -0.121. The molecular formula is C9H12N4O6S. The minimum Gasteiger partial charge on any atom is -0.478 e. The van der Waals surface area contributed by atoms with Crippen LogP contribution in [0, 0.1) is 0 Å². The molecule has 1 aromatic heterocycles. The number of aromatic nitrogens is 2. The first-order chi connectivity index (χ1) is 9.25. The fraction of sp³-hybridized carbons (Fsp3) is 0.444. The van der Waals surface area contributed by atoms with Crippen molar-refractivity contribution in [2.24, 2.45) is 5.73 Å². The number of aliphatic hydroxyl groups is 1. The molecule has 2 rings (SSSR count). The maximum absolute atomic E-state index is 12.4. The first-order valence-electron chi connectivity index (χ1n) is 5.51. The Labute approximate surface area is 113 Å². The number of amides is 1. The van der Waals surface area contributed by atoms with Crippen LogP contribution in [0.4, 0.5) is 0 Å². The van der Waals surface area contributed by atoms with Crippen molar-refractivity contribution in [2.45, 2.75) is 23.6 Å². The number of carbonyl (C=O) groups is 2. The van der Waals surface area contributed by atoms with Gasteiger partial charge in [0.25, 0.3) is 10.0 Å². The Morgan fingerprint density at radius 1 is 1.50 bits per heavy atom. The molecule has 2 unspecified atom stereocenters. The topological polar surface area (TPSA) is 167 Å². The van der Waals surface area contributed by atoms with Gasteiger partial charge >= 0.3 is 5.97 Å². The van der Waals surface area contributed by atoms with E-state index in [-0.39, 0.29) is 13.0 Å². The number of nitrogens with zero attached hydrogens (tertiary/aromatic N) is 2. The molecule has 20 heavy (non-hydrogen) atoms. The number of hydrogen-bond donors (Lipinski definition) is 4. The third-order valence-corrected chi connectivity index (χ3v) is 4.81. The lowest BCUT2D eigenvalue weighted by Gasteiger charge is -2.20. The number of carboxylic acids is 1. The number of primary amides is 1. The van der Waals surface area contributed by atoms with Gasteiger partial charge in [0.2, 0.25) is 5.91 Å². The molecule has 11 heteroatoms. The van der Waals surface area contributed by atoms with E-state index in [0.717, 1.165) is 6.20 Å². The largest absolute Gasteiger partial charge is 0.478 e. The van der Waals surface area contributed by atoms with Gasteiger partial charge in [0.1, 0.15) is 11.6 Å². The van der Waals surface area contributed by atoms with Crippen molar-refractivity contribution < 1.29 is 28.2 Å². The van der Waals surface area contributed by atoms with Crippen molar-refractivity contribution in [3.8, 4) is 0 Å². The van der Waals surface area contributed by atoms with Crippen molar-refractivity contribution in [2.75, 3.05) is 6.54 Å². The van der Waals surface area contributed by atoms with Crippen LogP contribution in [0.5, 0.6) is 0 Å². The number of aliphatic hydroxyl groups excluding tert-OH is 1. The van der Waals surface area contributed by atoms with Crippen molar-refractivity contribution in [3.63, 3.8) is 0 Å². The van der Waals surface area contributed by atoms with Gasteiger partial charge in [-0.1, -0.05) is 0 Å². The number of sulfonamides is 1. The Balaban J connectivity index is 2.47. The molecule has 1 aliphatic heterocycles. The maximum Gasteiger partial charge on any atom is 0.340 e. The Bertz CT molecular complexity index is 653. The zero-order valence-corrected chi connectivity index (χ0v) is 10.9. The van der Waals surface area contributed by atoms with Gasteiger partial charge in [0, 0.05) is 13.0 Å². The summed E-state index contributed by atoms with van der Waals surface area (Å²) >= 11 is 0. The third kappa shape index (κ3) is 2.26. The maximum atomic E-state index is 12.4. The molecule has 1 fully saturated rings. The molecule has 110 valence electrons. The molecule has 5 N–H and O–H groups in total. The van der Waals surface area contributed by atoms with E-state index in [0.29, 0.717) is 4.31 Å². The second-order valence-corrected chi connectivity index (χ2v) is 6.13. The van der Waals surface area contributed by atoms with E-state index in [1.807, 2.05) is 0 Å². The molecule has 2 atom stereocenters. The monoisotopic (exact) mass is 304 g/mol. The van der Waals surface area contributed by atoms with E-state index in [2.05, 4.69) is 10.2 Å². The smallest absolute Gasteiger partial charge is 0.340 e. The van der Waals surface area contributed by atoms with Crippen LogP contribution >= 0.6 is 0 Å². The van der Waals surface area contributed by atoms with Crippen LogP contribution in [0.3, 0.4) is 0 Å². The summed E-state index contributed by atoms with van der Waals surface area (Å²) in [5.74, 6) is -2.39. The van der Waals surface area contributed by atoms with Crippen LogP contribution in [0.15, 0.2) is 11.2 Å². The van der Waals surface area contributed by atoms with Gasteiger partial charge in [0.15, 0.2) is 5.03 Å². The molecule has 0 aliphatic carbocycles.